The highest BCUT2D eigenvalue weighted by atomic mass is 16.2. The number of hydrazine groups is 2. The molecule has 0 radical (unpaired) electrons. The summed E-state index contributed by atoms with van der Waals surface area (Å²) in [4.78, 5) is 12.2. The minimum atomic E-state index is -0.200. The second-order valence-corrected chi connectivity index (χ2v) is 5.68. The molecule has 0 spiro atoms. The van der Waals surface area contributed by atoms with E-state index in [1.165, 1.54) is 48.5 Å². The van der Waals surface area contributed by atoms with Crippen LogP contribution in [-0.4, -0.2) is 28.1 Å². The van der Waals surface area contributed by atoms with Gasteiger partial charge in [-0.05, 0) is 25.7 Å². The smallest absolute Gasteiger partial charge is 0.258 e. The Balaban J connectivity index is 1.87. The van der Waals surface area contributed by atoms with E-state index in [0.717, 1.165) is 25.7 Å². The van der Waals surface area contributed by atoms with Crippen LogP contribution in [0, 0.1) is 0 Å². The predicted molar refractivity (Wildman–Crippen MR) is 71.2 cm³/mol. The van der Waals surface area contributed by atoms with Crippen LogP contribution in [0.2, 0.25) is 0 Å². The highest BCUT2D eigenvalue weighted by Gasteiger charge is 2.29. The van der Waals surface area contributed by atoms with Gasteiger partial charge in [0.15, 0.2) is 0 Å². The van der Waals surface area contributed by atoms with Gasteiger partial charge in [0.25, 0.3) is 0 Å². The Hall–Kier alpha value is -0.810. The predicted octanol–water partition coefficient (Wildman–Crippen LogP) is 2.12. The fraction of sp³-hybridized carbons (Fsp3) is 0.923. The molecule has 0 aliphatic heterocycles. The monoisotopic (exact) mass is 254 g/mol. The molecule has 0 atom stereocenters. The van der Waals surface area contributed by atoms with Gasteiger partial charge in [-0.1, -0.05) is 38.5 Å². The average Bonchev–Trinajstić information content (AvgIpc) is 2.47. The molecule has 0 bridgehead atoms. The Morgan fingerprint density at radius 1 is 0.722 bits per heavy atom. The third-order valence-corrected chi connectivity index (χ3v) is 4.38. The first-order valence-corrected chi connectivity index (χ1v) is 7.32. The minimum Gasteiger partial charge on any atom is -0.258 e. The second kappa shape index (κ2) is 6.38. The van der Waals surface area contributed by atoms with Gasteiger partial charge in [0.2, 0.25) is 0 Å². The zero-order chi connectivity index (χ0) is 13.0. The van der Waals surface area contributed by atoms with Gasteiger partial charge in [-0.15, -0.1) is 0 Å². The number of hydrogen-bond acceptors (Lipinski definition) is 3. The normalized spacial score (nSPS) is 22.8. The summed E-state index contributed by atoms with van der Waals surface area (Å²) in [6.07, 6.45) is 11.2. The van der Waals surface area contributed by atoms with E-state index in [0.29, 0.717) is 0 Å². The summed E-state index contributed by atoms with van der Waals surface area (Å²) in [6, 6.07) is 0.163. The van der Waals surface area contributed by atoms with Gasteiger partial charge in [-0.25, -0.2) is 16.5 Å². The minimum absolute atomic E-state index is 0.181. The molecule has 4 N–H and O–H groups in total. The molecule has 0 aromatic rings. The van der Waals surface area contributed by atoms with Crippen LogP contribution in [0.15, 0.2) is 0 Å². The van der Waals surface area contributed by atoms with Crippen molar-refractivity contribution in [1.82, 2.24) is 10.0 Å². The molecule has 2 saturated carbocycles. The van der Waals surface area contributed by atoms with Gasteiger partial charge in [0.1, 0.15) is 0 Å². The molecule has 5 nitrogen and oxygen atoms in total. The molecular formula is C13H26N4O. The third kappa shape index (κ3) is 3.14. The summed E-state index contributed by atoms with van der Waals surface area (Å²) < 4.78 is 0. The van der Waals surface area contributed by atoms with Crippen molar-refractivity contribution in [3.05, 3.63) is 0 Å². The summed E-state index contributed by atoms with van der Waals surface area (Å²) in [5, 5.41) is 2.77. The zero-order valence-electron chi connectivity index (χ0n) is 11.2. The van der Waals surface area contributed by atoms with E-state index < -0.39 is 0 Å². The lowest BCUT2D eigenvalue weighted by atomic mass is 9.94. The van der Waals surface area contributed by atoms with Gasteiger partial charge >= 0.3 is 6.03 Å². The maximum atomic E-state index is 12.2. The van der Waals surface area contributed by atoms with Crippen molar-refractivity contribution in [2.45, 2.75) is 76.3 Å². The molecule has 2 amide bonds. The summed E-state index contributed by atoms with van der Waals surface area (Å²) in [6.45, 7) is 0. The van der Waals surface area contributed by atoms with Crippen LogP contribution >= 0.6 is 0 Å². The molecule has 0 unspecified atom stereocenters. The Morgan fingerprint density at radius 2 is 1.06 bits per heavy atom. The fourth-order valence-corrected chi connectivity index (χ4v) is 3.16. The van der Waals surface area contributed by atoms with Gasteiger partial charge in [0.05, 0.1) is 0 Å². The molecule has 2 aliphatic carbocycles. The molecule has 0 heterocycles. The maximum Gasteiger partial charge on any atom is 0.348 e. The molecule has 2 rings (SSSR count). The molecule has 0 aromatic heterocycles. The largest absolute Gasteiger partial charge is 0.348 e. The molecule has 5 heteroatoms. The van der Waals surface area contributed by atoms with E-state index in [1.54, 1.807) is 0 Å². The van der Waals surface area contributed by atoms with Crippen LogP contribution < -0.4 is 11.7 Å². The third-order valence-electron chi connectivity index (χ3n) is 4.38. The van der Waals surface area contributed by atoms with Crippen molar-refractivity contribution in [3.8, 4) is 0 Å². The van der Waals surface area contributed by atoms with Crippen molar-refractivity contribution < 1.29 is 4.79 Å². The van der Waals surface area contributed by atoms with E-state index in [1.807, 2.05) is 0 Å². The number of nitrogens with zero attached hydrogens (tertiary/aromatic N) is 2. The number of carbonyl (C=O) groups excluding carboxylic acids is 1. The lowest BCUT2D eigenvalue weighted by Gasteiger charge is -2.37. The maximum absolute atomic E-state index is 12.2. The average molecular weight is 254 g/mol. The lowest BCUT2D eigenvalue weighted by molar-refractivity contribution is 0.0952. The van der Waals surface area contributed by atoms with Gasteiger partial charge in [-0.2, -0.15) is 0 Å². The van der Waals surface area contributed by atoms with E-state index >= 15 is 0 Å². The van der Waals surface area contributed by atoms with Crippen LogP contribution in [0.25, 0.3) is 0 Å². The standard InChI is InChI=1S/C13H26N4O/c14-16(11-7-3-1-4-8-11)13(18)17(15)12-9-5-2-6-10-12/h11-12H,1-10,14-15H2. The van der Waals surface area contributed by atoms with Crippen molar-refractivity contribution in [3.63, 3.8) is 0 Å². The van der Waals surface area contributed by atoms with Crippen molar-refractivity contribution in [2.24, 2.45) is 11.7 Å². The van der Waals surface area contributed by atoms with Gasteiger partial charge in [-0.3, -0.25) is 10.0 Å². The highest BCUT2D eigenvalue weighted by molar-refractivity contribution is 5.73. The fourth-order valence-electron chi connectivity index (χ4n) is 3.16. The Kier molecular flexibility index (Phi) is 4.83. The SMILES string of the molecule is NN(C(=O)N(N)C1CCCCC1)C1CCCCC1. The summed E-state index contributed by atoms with van der Waals surface area (Å²) in [5.74, 6) is 11.9. The molecule has 0 saturated heterocycles. The number of rotatable bonds is 2. The number of hydrogen-bond donors (Lipinski definition) is 2. The lowest BCUT2D eigenvalue weighted by Crippen LogP contribution is -2.58. The number of amides is 2. The molecule has 2 aliphatic rings. The number of urea groups is 1. The first kappa shape index (κ1) is 13.6. The number of nitrogens with two attached hydrogens (primary N) is 2. The molecule has 18 heavy (non-hydrogen) atoms. The Labute approximate surface area is 109 Å². The van der Waals surface area contributed by atoms with E-state index in [2.05, 4.69) is 0 Å². The second-order valence-electron chi connectivity index (χ2n) is 5.68. The Bertz CT molecular complexity index is 246. The zero-order valence-corrected chi connectivity index (χ0v) is 11.2. The van der Waals surface area contributed by atoms with E-state index in [-0.39, 0.29) is 18.1 Å². The van der Waals surface area contributed by atoms with Crippen LogP contribution in [0.4, 0.5) is 4.79 Å². The molecule has 0 aromatic carbocycles. The summed E-state index contributed by atoms with van der Waals surface area (Å²) in [5.41, 5.74) is 0. The first-order valence-electron chi connectivity index (χ1n) is 7.32. The van der Waals surface area contributed by atoms with Crippen molar-refractivity contribution >= 4 is 6.03 Å². The van der Waals surface area contributed by atoms with Crippen LogP contribution in [0.1, 0.15) is 64.2 Å². The number of carbonyl (C=O) groups is 1. The van der Waals surface area contributed by atoms with Crippen LogP contribution in [-0.2, 0) is 0 Å². The first-order chi connectivity index (χ1) is 8.70. The quantitative estimate of drug-likeness (QED) is 0.450. The summed E-state index contributed by atoms with van der Waals surface area (Å²) >= 11 is 0. The molecular weight excluding hydrogens is 228 g/mol. The van der Waals surface area contributed by atoms with E-state index in [4.69, 9.17) is 11.7 Å². The van der Waals surface area contributed by atoms with Crippen molar-refractivity contribution in [1.29, 1.82) is 0 Å². The highest BCUT2D eigenvalue weighted by Crippen LogP contribution is 2.24. The molecule has 2 fully saturated rings. The van der Waals surface area contributed by atoms with Crippen LogP contribution in [0.3, 0.4) is 0 Å². The summed E-state index contributed by atoms with van der Waals surface area (Å²) in [7, 11) is 0. The van der Waals surface area contributed by atoms with Gasteiger partial charge in [0, 0.05) is 12.1 Å². The Morgan fingerprint density at radius 3 is 1.39 bits per heavy atom. The van der Waals surface area contributed by atoms with Crippen LogP contribution in [0.5, 0.6) is 0 Å². The van der Waals surface area contributed by atoms with E-state index in [9.17, 15) is 4.79 Å². The van der Waals surface area contributed by atoms with Crippen molar-refractivity contribution in [2.75, 3.05) is 0 Å². The topological polar surface area (TPSA) is 75.6 Å². The van der Waals surface area contributed by atoms with Gasteiger partial charge < -0.3 is 0 Å². The molecule has 104 valence electrons.